The van der Waals surface area contributed by atoms with Gasteiger partial charge in [-0.1, -0.05) is 25.0 Å². The predicted molar refractivity (Wildman–Crippen MR) is 110 cm³/mol. The summed E-state index contributed by atoms with van der Waals surface area (Å²) in [5, 5.41) is 15.6. The van der Waals surface area contributed by atoms with Gasteiger partial charge in [0.05, 0.1) is 23.6 Å². The minimum atomic E-state index is -0.715. The third kappa shape index (κ3) is 7.80. The van der Waals surface area contributed by atoms with Gasteiger partial charge < -0.3 is 20.5 Å². The van der Waals surface area contributed by atoms with Gasteiger partial charge in [0, 0.05) is 12.8 Å². The van der Waals surface area contributed by atoms with E-state index in [0.29, 0.717) is 12.8 Å². The number of esters is 1. The number of aliphatic hydroxyl groups excluding tert-OH is 1. The number of amides is 2. The third-order valence-electron chi connectivity index (χ3n) is 5.72. The van der Waals surface area contributed by atoms with E-state index in [-0.39, 0.29) is 37.4 Å². The molecule has 7 heteroatoms. The summed E-state index contributed by atoms with van der Waals surface area (Å²) < 4.78 is 5.30. The Kier molecular flexibility index (Phi) is 8.68. The average molecular weight is 409 g/mol. The molecular weight excluding hydrogens is 372 g/mol. The van der Waals surface area contributed by atoms with Crippen LogP contribution in [0.1, 0.15) is 78.1 Å². The van der Waals surface area contributed by atoms with Gasteiger partial charge >= 0.3 is 5.97 Å². The maximum atomic E-state index is 12.9. The van der Waals surface area contributed by atoms with Gasteiger partial charge in [0.1, 0.15) is 6.61 Å². The summed E-state index contributed by atoms with van der Waals surface area (Å²) in [6, 6.07) is 0. The molecule has 3 N–H and O–H groups in total. The van der Waals surface area contributed by atoms with Crippen molar-refractivity contribution in [3.05, 3.63) is 12.2 Å². The van der Waals surface area contributed by atoms with Crippen molar-refractivity contribution in [1.29, 1.82) is 0 Å². The first-order chi connectivity index (χ1) is 13.8. The minimum Gasteiger partial charge on any atom is -0.463 e. The van der Waals surface area contributed by atoms with E-state index in [2.05, 4.69) is 10.6 Å². The molecule has 2 aliphatic rings. The average Bonchev–Trinajstić information content (AvgIpc) is 3.12. The van der Waals surface area contributed by atoms with Gasteiger partial charge in [0.2, 0.25) is 11.8 Å². The van der Waals surface area contributed by atoms with Crippen LogP contribution in [0.25, 0.3) is 0 Å². The molecule has 1 saturated carbocycles. The van der Waals surface area contributed by atoms with Crippen LogP contribution in [-0.2, 0) is 19.1 Å². The highest BCUT2D eigenvalue weighted by molar-refractivity contribution is 5.86. The number of cyclic esters (lactones) is 1. The van der Waals surface area contributed by atoms with Crippen LogP contribution in [0.15, 0.2) is 12.2 Å². The van der Waals surface area contributed by atoms with Gasteiger partial charge in [0.25, 0.3) is 0 Å². The Hall–Kier alpha value is -1.89. The highest BCUT2D eigenvalue weighted by Crippen LogP contribution is 2.29. The SMILES string of the molecule is CC1(C)COC(=O)CCCCC=CC[C@H](CC(=O)NC2(CO)CCCC2)C(=O)N1. The number of ether oxygens (including phenoxy) is 1. The third-order valence-corrected chi connectivity index (χ3v) is 5.72. The molecule has 29 heavy (non-hydrogen) atoms. The van der Waals surface area contributed by atoms with Crippen LogP contribution < -0.4 is 10.6 Å². The first kappa shape index (κ1) is 23.4. The van der Waals surface area contributed by atoms with Crippen molar-refractivity contribution >= 4 is 17.8 Å². The summed E-state index contributed by atoms with van der Waals surface area (Å²) in [6.07, 6.45) is 10.9. The van der Waals surface area contributed by atoms with E-state index in [9.17, 15) is 19.5 Å². The molecule has 0 bridgehead atoms. The van der Waals surface area contributed by atoms with Crippen molar-refractivity contribution < 1.29 is 24.2 Å². The van der Waals surface area contributed by atoms with Crippen molar-refractivity contribution in [1.82, 2.24) is 10.6 Å². The Balaban J connectivity index is 2.05. The van der Waals surface area contributed by atoms with Crippen LogP contribution in [0, 0.1) is 5.92 Å². The number of hydrogen-bond acceptors (Lipinski definition) is 5. The van der Waals surface area contributed by atoms with E-state index in [1.54, 1.807) is 13.8 Å². The normalized spacial score (nSPS) is 25.6. The zero-order valence-electron chi connectivity index (χ0n) is 17.8. The van der Waals surface area contributed by atoms with Crippen molar-refractivity contribution in [2.45, 2.75) is 89.1 Å². The highest BCUT2D eigenvalue weighted by Gasteiger charge is 2.36. The summed E-state index contributed by atoms with van der Waals surface area (Å²) in [6.45, 7) is 3.63. The fourth-order valence-electron chi connectivity index (χ4n) is 3.94. The first-order valence-electron chi connectivity index (χ1n) is 10.8. The zero-order valence-corrected chi connectivity index (χ0v) is 17.8. The fourth-order valence-corrected chi connectivity index (χ4v) is 3.94. The van der Waals surface area contributed by atoms with Gasteiger partial charge in [-0.2, -0.15) is 0 Å². The molecule has 1 fully saturated rings. The monoisotopic (exact) mass is 408 g/mol. The zero-order chi connectivity index (χ0) is 21.3. The van der Waals surface area contributed by atoms with E-state index < -0.39 is 17.0 Å². The lowest BCUT2D eigenvalue weighted by Crippen LogP contribution is -2.52. The minimum absolute atomic E-state index is 0.0633. The molecule has 0 aromatic heterocycles. The van der Waals surface area contributed by atoms with Crippen molar-refractivity contribution in [2.24, 2.45) is 5.92 Å². The molecule has 2 rings (SSSR count). The molecule has 0 saturated heterocycles. The van der Waals surface area contributed by atoms with Gasteiger partial charge in [-0.15, -0.1) is 0 Å². The Morgan fingerprint density at radius 3 is 2.62 bits per heavy atom. The maximum absolute atomic E-state index is 12.9. The standard InChI is InChI=1S/C22H36N2O5/c1-21(2)16-29-19(27)11-7-5-3-4-6-10-17(20(28)24-21)14-18(26)23-22(15-25)12-8-9-13-22/h4,6,17,25H,3,5,7-16H2,1-2H3,(H,23,26)(H,24,28)/t17-/m1/s1. The highest BCUT2D eigenvalue weighted by atomic mass is 16.5. The van der Waals surface area contributed by atoms with E-state index in [0.717, 1.165) is 44.9 Å². The Labute approximate surface area is 173 Å². The molecule has 0 radical (unpaired) electrons. The summed E-state index contributed by atoms with van der Waals surface area (Å²) in [4.78, 5) is 37.4. The Morgan fingerprint density at radius 2 is 1.93 bits per heavy atom. The number of nitrogens with one attached hydrogen (secondary N) is 2. The number of aliphatic hydroxyl groups is 1. The number of allylic oxidation sites excluding steroid dienone is 2. The Morgan fingerprint density at radius 1 is 1.21 bits per heavy atom. The lowest BCUT2D eigenvalue weighted by Gasteiger charge is -2.30. The largest absolute Gasteiger partial charge is 0.463 e. The summed E-state index contributed by atoms with van der Waals surface area (Å²) in [7, 11) is 0. The van der Waals surface area contributed by atoms with Gasteiger partial charge in [-0.3, -0.25) is 14.4 Å². The Bertz CT molecular complexity index is 608. The molecule has 0 aromatic rings. The second-order valence-electron chi connectivity index (χ2n) is 9.08. The predicted octanol–water partition coefficient (Wildman–Crippen LogP) is 2.37. The van der Waals surface area contributed by atoms with Crippen molar-refractivity contribution in [3.8, 4) is 0 Å². The molecule has 1 atom stereocenters. The second-order valence-corrected chi connectivity index (χ2v) is 9.08. The second kappa shape index (κ2) is 10.8. The number of carbonyl (C=O) groups is 3. The number of rotatable bonds is 4. The van der Waals surface area contributed by atoms with Gasteiger partial charge in [-0.25, -0.2) is 0 Å². The quantitative estimate of drug-likeness (QED) is 0.489. The molecule has 0 aromatic carbocycles. The molecule has 1 aliphatic carbocycles. The first-order valence-corrected chi connectivity index (χ1v) is 10.8. The maximum Gasteiger partial charge on any atom is 0.305 e. The number of carbonyl (C=O) groups excluding carboxylic acids is 3. The molecule has 164 valence electrons. The smallest absolute Gasteiger partial charge is 0.305 e. The van der Waals surface area contributed by atoms with Crippen LogP contribution >= 0.6 is 0 Å². The van der Waals surface area contributed by atoms with E-state index in [4.69, 9.17) is 4.74 Å². The summed E-state index contributed by atoms with van der Waals surface area (Å²) >= 11 is 0. The van der Waals surface area contributed by atoms with Crippen molar-refractivity contribution in [3.63, 3.8) is 0 Å². The molecule has 0 unspecified atom stereocenters. The van der Waals surface area contributed by atoms with Crippen LogP contribution in [0.2, 0.25) is 0 Å². The van der Waals surface area contributed by atoms with Crippen LogP contribution in [-0.4, -0.2) is 47.2 Å². The molecule has 0 spiro atoms. The summed E-state index contributed by atoms with van der Waals surface area (Å²) in [5.41, 5.74) is -1.26. The molecule has 7 nitrogen and oxygen atoms in total. The van der Waals surface area contributed by atoms with Gasteiger partial charge in [0.15, 0.2) is 0 Å². The molecule has 1 heterocycles. The van der Waals surface area contributed by atoms with Gasteiger partial charge in [-0.05, 0) is 52.4 Å². The topological polar surface area (TPSA) is 105 Å². The fraction of sp³-hybridized carbons (Fsp3) is 0.773. The number of hydrogen-bond donors (Lipinski definition) is 3. The van der Waals surface area contributed by atoms with E-state index >= 15 is 0 Å². The molecule has 1 aliphatic heterocycles. The van der Waals surface area contributed by atoms with Crippen LogP contribution in [0.3, 0.4) is 0 Å². The van der Waals surface area contributed by atoms with Crippen LogP contribution in [0.4, 0.5) is 0 Å². The molecular formula is C22H36N2O5. The molecule has 2 amide bonds. The lowest BCUT2D eigenvalue weighted by molar-refractivity contribution is -0.147. The summed E-state index contributed by atoms with van der Waals surface area (Å²) in [5.74, 6) is -1.20. The van der Waals surface area contributed by atoms with E-state index in [1.165, 1.54) is 0 Å². The van der Waals surface area contributed by atoms with Crippen molar-refractivity contribution in [2.75, 3.05) is 13.2 Å². The van der Waals surface area contributed by atoms with E-state index in [1.807, 2.05) is 12.2 Å². The lowest BCUT2D eigenvalue weighted by atomic mass is 9.94. The van der Waals surface area contributed by atoms with Crippen LogP contribution in [0.5, 0.6) is 0 Å².